The Hall–Kier alpha value is -6.97. The van der Waals surface area contributed by atoms with Crippen LogP contribution in [0.15, 0.2) is 128 Å². The van der Waals surface area contributed by atoms with Crippen LogP contribution < -0.4 is 20.1 Å². The predicted octanol–water partition coefficient (Wildman–Crippen LogP) is 9.95. The lowest BCUT2D eigenvalue weighted by Crippen LogP contribution is -2.41. The van der Waals surface area contributed by atoms with Crippen molar-refractivity contribution in [2.24, 2.45) is 0 Å². The number of halogens is 2. The van der Waals surface area contributed by atoms with Crippen molar-refractivity contribution in [3.8, 4) is 22.6 Å². The van der Waals surface area contributed by atoms with Crippen molar-refractivity contribution in [3.63, 3.8) is 0 Å². The second-order valence-corrected chi connectivity index (χ2v) is 16.4. The Balaban J connectivity index is 0.664. The number of ether oxygens (including phenoxy) is 5. The van der Waals surface area contributed by atoms with E-state index in [1.54, 1.807) is 30.5 Å². The van der Waals surface area contributed by atoms with E-state index in [1.807, 2.05) is 65.2 Å². The summed E-state index contributed by atoms with van der Waals surface area (Å²) in [6.45, 7) is 3.47. The third-order valence-electron chi connectivity index (χ3n) is 11.4. The van der Waals surface area contributed by atoms with Gasteiger partial charge in [0, 0.05) is 41.1 Å². The minimum atomic E-state index is -0.487. The summed E-state index contributed by atoms with van der Waals surface area (Å²) in [5, 5.41) is 9.12. The zero-order chi connectivity index (χ0) is 46.0. The van der Waals surface area contributed by atoms with Crippen LogP contribution in [0.5, 0.6) is 11.5 Å². The van der Waals surface area contributed by atoms with Gasteiger partial charge in [-0.1, -0.05) is 54.1 Å². The van der Waals surface area contributed by atoms with Gasteiger partial charge in [-0.25, -0.2) is 19.3 Å². The van der Waals surface area contributed by atoms with E-state index in [4.69, 9.17) is 35.3 Å². The first kappa shape index (κ1) is 45.2. The molecule has 3 aromatic heterocycles. The summed E-state index contributed by atoms with van der Waals surface area (Å²) in [6, 6.07) is 35.3. The normalized spacial score (nSPS) is 13.9. The number of hydrogen-bond donors (Lipinski definition) is 2. The topological polar surface area (TPSA) is 148 Å². The number of anilines is 2. The van der Waals surface area contributed by atoms with Gasteiger partial charge < -0.3 is 33.6 Å². The highest BCUT2D eigenvalue weighted by atomic mass is 35.5. The molecule has 0 radical (unpaired) electrons. The molecule has 342 valence electrons. The summed E-state index contributed by atoms with van der Waals surface area (Å²) in [7, 11) is 0. The second kappa shape index (κ2) is 21.6. The predicted molar refractivity (Wildman–Crippen MR) is 255 cm³/mol. The van der Waals surface area contributed by atoms with E-state index in [0.29, 0.717) is 81.2 Å². The van der Waals surface area contributed by atoms with E-state index in [1.165, 1.54) is 18.5 Å². The third kappa shape index (κ3) is 11.2. The van der Waals surface area contributed by atoms with Crippen LogP contribution in [-0.4, -0.2) is 77.6 Å². The first-order chi connectivity index (χ1) is 32.9. The summed E-state index contributed by atoms with van der Waals surface area (Å²) in [5.74, 6) is 1.01. The molecule has 67 heavy (non-hydrogen) atoms. The number of carbonyl (C=O) groups excluding carboxylic acids is 2. The van der Waals surface area contributed by atoms with Gasteiger partial charge in [0.25, 0.3) is 0 Å². The van der Waals surface area contributed by atoms with Gasteiger partial charge in [-0.2, -0.15) is 0 Å². The average molecular weight is 923 g/mol. The number of imide groups is 1. The van der Waals surface area contributed by atoms with Crippen molar-refractivity contribution in [1.29, 1.82) is 0 Å². The molecule has 0 aliphatic carbocycles. The van der Waals surface area contributed by atoms with Crippen LogP contribution >= 0.6 is 11.6 Å². The summed E-state index contributed by atoms with van der Waals surface area (Å²) < 4.78 is 44.5. The molecule has 13 nitrogen and oxygen atoms in total. The number of fused-ring (bicyclic) bond motifs is 4. The van der Waals surface area contributed by atoms with E-state index < -0.39 is 6.04 Å². The highest BCUT2D eigenvalue weighted by Crippen LogP contribution is 2.35. The van der Waals surface area contributed by atoms with E-state index >= 15 is 0 Å². The van der Waals surface area contributed by atoms with Crippen molar-refractivity contribution in [3.05, 3.63) is 150 Å². The number of nitrogens with one attached hydrogen (secondary N) is 2. The number of hydrogen-bond acceptors (Lipinski definition) is 11. The average Bonchev–Trinajstić information content (AvgIpc) is 3.66. The lowest BCUT2D eigenvalue weighted by molar-refractivity contribution is -0.135. The Morgan fingerprint density at radius 3 is 2.33 bits per heavy atom. The van der Waals surface area contributed by atoms with Crippen LogP contribution in [0.25, 0.3) is 44.0 Å². The Morgan fingerprint density at radius 2 is 1.52 bits per heavy atom. The number of carbonyl (C=O) groups is 2. The first-order valence-electron chi connectivity index (χ1n) is 22.2. The van der Waals surface area contributed by atoms with Crippen LogP contribution in [0.1, 0.15) is 36.4 Å². The van der Waals surface area contributed by atoms with Crippen LogP contribution in [-0.2, 0) is 36.8 Å². The minimum Gasteiger partial charge on any atom is -0.491 e. The van der Waals surface area contributed by atoms with Crippen LogP contribution in [0.3, 0.4) is 0 Å². The largest absolute Gasteiger partial charge is 0.491 e. The molecule has 0 saturated carbocycles. The number of piperidine rings is 1. The number of amides is 2. The molecule has 1 saturated heterocycles. The number of pyridine rings is 1. The summed E-state index contributed by atoms with van der Waals surface area (Å²) in [5.41, 5.74) is 7.05. The molecule has 1 unspecified atom stereocenters. The van der Waals surface area contributed by atoms with Gasteiger partial charge >= 0.3 is 0 Å². The van der Waals surface area contributed by atoms with Crippen molar-refractivity contribution in [1.82, 2.24) is 24.8 Å². The molecular formula is C52H48ClFN6O7. The number of aryl methyl sites for hydroxylation is 1. The van der Waals surface area contributed by atoms with Crippen LogP contribution in [0, 0.1) is 5.82 Å². The van der Waals surface area contributed by atoms with Crippen molar-refractivity contribution in [2.75, 3.05) is 51.6 Å². The van der Waals surface area contributed by atoms with Crippen LogP contribution in [0.4, 0.5) is 15.9 Å². The Morgan fingerprint density at radius 1 is 0.716 bits per heavy atom. The van der Waals surface area contributed by atoms with E-state index in [-0.39, 0.29) is 24.2 Å². The van der Waals surface area contributed by atoms with Crippen molar-refractivity contribution >= 4 is 67.8 Å². The number of rotatable bonds is 21. The summed E-state index contributed by atoms with van der Waals surface area (Å²) in [4.78, 5) is 38.2. The highest BCUT2D eigenvalue weighted by Gasteiger charge is 2.31. The van der Waals surface area contributed by atoms with E-state index in [9.17, 15) is 14.0 Å². The fraction of sp³-hybridized carbons (Fsp3) is 0.250. The van der Waals surface area contributed by atoms with Gasteiger partial charge in [0.1, 0.15) is 54.4 Å². The summed E-state index contributed by atoms with van der Waals surface area (Å²) in [6.07, 6.45) is 5.64. The molecule has 1 aliphatic rings. The van der Waals surface area contributed by atoms with E-state index in [0.717, 1.165) is 73.8 Å². The third-order valence-corrected chi connectivity index (χ3v) is 11.7. The molecule has 1 aliphatic heterocycles. The quantitative estimate of drug-likeness (QED) is 0.0524. The number of nitrogens with zero attached hydrogens (tertiary/aromatic N) is 4. The Labute approximate surface area is 391 Å². The SMILES string of the molecule is O=C1CCC(n2c3cc(CCCOCCOCCOCCOc4ccc(-c5ccc6ncnc(Nc7ccc(OCc8cccc(F)c8)c(Cl)c7)c6c5)cc4)ccc3c3cccnc32)C(=O)N1. The molecule has 0 bridgehead atoms. The zero-order valence-corrected chi connectivity index (χ0v) is 37.3. The smallest absolute Gasteiger partial charge is 0.249 e. The molecule has 4 heterocycles. The Bertz CT molecular complexity index is 3020. The molecular weight excluding hydrogens is 875 g/mol. The lowest BCUT2D eigenvalue weighted by Gasteiger charge is -2.23. The summed E-state index contributed by atoms with van der Waals surface area (Å²) >= 11 is 6.56. The monoisotopic (exact) mass is 922 g/mol. The maximum Gasteiger partial charge on any atom is 0.249 e. The van der Waals surface area contributed by atoms with Crippen LogP contribution in [0.2, 0.25) is 5.02 Å². The van der Waals surface area contributed by atoms with Gasteiger partial charge in [-0.3, -0.25) is 14.9 Å². The maximum absolute atomic E-state index is 13.6. The van der Waals surface area contributed by atoms with Gasteiger partial charge in [0.2, 0.25) is 11.8 Å². The fourth-order valence-electron chi connectivity index (χ4n) is 8.16. The molecule has 0 spiro atoms. The molecule has 1 fully saturated rings. The number of aromatic nitrogens is 4. The van der Waals surface area contributed by atoms with Gasteiger partial charge in [-0.15, -0.1) is 0 Å². The molecule has 2 amide bonds. The Kier molecular flexibility index (Phi) is 14.5. The molecule has 8 aromatic rings. The lowest BCUT2D eigenvalue weighted by atomic mass is 10.0. The molecule has 5 aromatic carbocycles. The fourth-order valence-corrected chi connectivity index (χ4v) is 8.39. The van der Waals surface area contributed by atoms with Gasteiger partial charge in [-0.05, 0) is 114 Å². The van der Waals surface area contributed by atoms with E-state index in [2.05, 4.69) is 43.8 Å². The minimum absolute atomic E-state index is 0.191. The van der Waals surface area contributed by atoms with Gasteiger partial charge in [0.15, 0.2) is 0 Å². The maximum atomic E-state index is 13.6. The molecule has 1 atom stereocenters. The van der Waals surface area contributed by atoms with Crippen molar-refractivity contribution < 1.29 is 37.7 Å². The highest BCUT2D eigenvalue weighted by molar-refractivity contribution is 6.32. The molecule has 2 N–H and O–H groups in total. The van der Waals surface area contributed by atoms with Gasteiger partial charge in [0.05, 0.1) is 49.1 Å². The first-order valence-corrected chi connectivity index (χ1v) is 22.6. The molecule has 9 rings (SSSR count). The zero-order valence-electron chi connectivity index (χ0n) is 36.6. The second-order valence-electron chi connectivity index (χ2n) is 16.0. The standard InChI is InChI=1S/C52H48ClFN6O7/c53-44-31-39(12-18-48(44)67-32-35-4-1-6-38(54)28-35)58-50-43-30-37(11-16-45(43)56-33-57-50)36-9-13-40(14-10-36)66-27-26-65-25-24-64-23-22-63-21-3-5-34-8-15-41-42-7-2-20-55-51(42)60(47(41)29-34)46-17-19-49(61)59-52(46)62/h1-2,4,6-16,18,20,28-31,33,46H,3,5,17,19,21-27,32H2,(H,56,57,58)(H,59,61,62). The molecule has 15 heteroatoms. The van der Waals surface area contributed by atoms with Crippen molar-refractivity contribution in [2.45, 2.75) is 38.3 Å². The number of benzene rings is 5.